The van der Waals surface area contributed by atoms with Gasteiger partial charge in [0.1, 0.15) is 6.61 Å². The van der Waals surface area contributed by atoms with Gasteiger partial charge in [0.25, 0.3) is 0 Å². The van der Waals surface area contributed by atoms with E-state index in [0.717, 1.165) is 0 Å². The van der Waals surface area contributed by atoms with Crippen LogP contribution in [0.3, 0.4) is 0 Å². The smallest absolute Gasteiger partial charge is 0.249 e. The van der Waals surface area contributed by atoms with E-state index in [2.05, 4.69) is 0 Å². The Morgan fingerprint density at radius 3 is 2.41 bits per heavy atom. The molecule has 2 rings (SSSR count). The molecule has 0 unspecified atom stereocenters. The summed E-state index contributed by atoms with van der Waals surface area (Å²) in [5.41, 5.74) is 0. The molecule has 2 heterocycles. The first-order valence-corrected chi connectivity index (χ1v) is 5.96. The largest absolute Gasteiger partial charge is 0.389 e. The number of rotatable bonds is 1. The van der Waals surface area contributed by atoms with Crippen LogP contribution in [0.2, 0.25) is 0 Å². The summed E-state index contributed by atoms with van der Waals surface area (Å²) in [6, 6.07) is 0. The molecule has 0 bridgehead atoms. The number of aliphatic hydroxyl groups excluding tert-OH is 1. The zero-order valence-corrected chi connectivity index (χ0v) is 9.96. The highest BCUT2D eigenvalue weighted by atomic mass is 16.7. The van der Waals surface area contributed by atoms with Gasteiger partial charge in [0, 0.05) is 25.9 Å². The van der Waals surface area contributed by atoms with Gasteiger partial charge < -0.3 is 10.0 Å². The highest BCUT2D eigenvalue weighted by molar-refractivity contribution is 5.79. The quantitative estimate of drug-likeness (QED) is 0.665. The van der Waals surface area contributed by atoms with E-state index < -0.39 is 6.10 Å². The van der Waals surface area contributed by atoms with Crippen LogP contribution in [0.1, 0.15) is 19.8 Å². The second kappa shape index (κ2) is 5.01. The van der Waals surface area contributed by atoms with Crippen molar-refractivity contribution in [2.45, 2.75) is 25.9 Å². The van der Waals surface area contributed by atoms with Crippen LogP contribution >= 0.6 is 0 Å². The van der Waals surface area contributed by atoms with Crippen molar-refractivity contribution in [3.8, 4) is 0 Å². The van der Waals surface area contributed by atoms with Gasteiger partial charge in [-0.3, -0.25) is 14.4 Å². The van der Waals surface area contributed by atoms with Crippen molar-refractivity contribution in [1.29, 1.82) is 0 Å². The zero-order chi connectivity index (χ0) is 12.4. The lowest BCUT2D eigenvalue weighted by molar-refractivity contribution is -0.175. The molecule has 0 aromatic heterocycles. The second-order valence-electron chi connectivity index (χ2n) is 4.63. The lowest BCUT2D eigenvalue weighted by Gasteiger charge is -2.31. The number of nitrogens with zero attached hydrogens (tertiary/aromatic N) is 2. The third kappa shape index (κ3) is 2.76. The number of piperidine rings is 1. The molecule has 17 heavy (non-hydrogen) atoms. The van der Waals surface area contributed by atoms with E-state index in [1.165, 1.54) is 5.06 Å². The number of β-amino-alcohol motifs (C(OH)–C–C–N with tert-alkyl or cyclic N) is 1. The second-order valence-corrected chi connectivity index (χ2v) is 4.63. The molecule has 0 spiro atoms. The van der Waals surface area contributed by atoms with E-state index in [1.54, 1.807) is 11.8 Å². The van der Waals surface area contributed by atoms with E-state index in [9.17, 15) is 14.7 Å². The van der Waals surface area contributed by atoms with E-state index in [4.69, 9.17) is 4.84 Å². The topological polar surface area (TPSA) is 70.1 Å². The Bertz CT molecular complexity index is 313. The van der Waals surface area contributed by atoms with Crippen molar-refractivity contribution in [3.63, 3.8) is 0 Å². The number of hydroxylamine groups is 2. The van der Waals surface area contributed by atoms with E-state index in [-0.39, 0.29) is 30.9 Å². The third-order valence-corrected chi connectivity index (χ3v) is 3.33. The first kappa shape index (κ1) is 12.3. The molecule has 0 radical (unpaired) electrons. The van der Waals surface area contributed by atoms with E-state index in [0.29, 0.717) is 25.9 Å². The van der Waals surface area contributed by atoms with E-state index >= 15 is 0 Å². The Balaban J connectivity index is 1.84. The average molecular weight is 242 g/mol. The van der Waals surface area contributed by atoms with Crippen molar-refractivity contribution in [1.82, 2.24) is 9.96 Å². The van der Waals surface area contributed by atoms with Gasteiger partial charge in [0.15, 0.2) is 0 Å². The average Bonchev–Trinajstić information content (AvgIpc) is 2.75. The minimum absolute atomic E-state index is 0.0590. The van der Waals surface area contributed by atoms with Crippen molar-refractivity contribution in [2.75, 3.05) is 26.2 Å². The minimum Gasteiger partial charge on any atom is -0.389 e. The lowest BCUT2D eigenvalue weighted by Crippen LogP contribution is -2.43. The van der Waals surface area contributed by atoms with E-state index in [1.807, 2.05) is 0 Å². The Labute approximate surface area is 100 Å². The number of aliphatic hydroxyl groups is 1. The van der Waals surface area contributed by atoms with Crippen LogP contribution in [0, 0.1) is 5.92 Å². The molecule has 6 nitrogen and oxygen atoms in total. The van der Waals surface area contributed by atoms with Crippen LogP contribution in [-0.2, 0) is 14.4 Å². The summed E-state index contributed by atoms with van der Waals surface area (Å²) in [6.45, 7) is 3.25. The van der Waals surface area contributed by atoms with Gasteiger partial charge in [-0.05, 0) is 12.8 Å². The summed E-state index contributed by atoms with van der Waals surface area (Å²) in [4.78, 5) is 30.0. The fraction of sp³-hybridized carbons (Fsp3) is 0.818. The molecule has 2 fully saturated rings. The molecule has 0 saturated carbocycles. The SMILES string of the molecule is CC(=O)N1CCC(C(=O)N2C[C@H](O)CO2)CC1. The van der Waals surface area contributed by atoms with Gasteiger partial charge in [-0.1, -0.05) is 0 Å². The van der Waals surface area contributed by atoms with Crippen LogP contribution in [-0.4, -0.2) is 59.2 Å². The molecular weight excluding hydrogens is 224 g/mol. The molecular formula is C11H18N2O4. The number of hydrogen-bond donors (Lipinski definition) is 1. The zero-order valence-electron chi connectivity index (χ0n) is 9.96. The van der Waals surface area contributed by atoms with Crippen LogP contribution in [0.25, 0.3) is 0 Å². The van der Waals surface area contributed by atoms with Crippen LogP contribution in [0.15, 0.2) is 0 Å². The number of amides is 2. The summed E-state index contributed by atoms with van der Waals surface area (Å²) in [6.07, 6.45) is 0.777. The minimum atomic E-state index is -0.573. The molecule has 6 heteroatoms. The Hall–Kier alpha value is -1.14. The van der Waals surface area contributed by atoms with Gasteiger partial charge in [0.2, 0.25) is 11.8 Å². The Morgan fingerprint density at radius 2 is 1.94 bits per heavy atom. The fourth-order valence-electron chi connectivity index (χ4n) is 2.27. The lowest BCUT2D eigenvalue weighted by atomic mass is 9.96. The first-order chi connectivity index (χ1) is 8.08. The molecule has 0 aromatic rings. The predicted octanol–water partition coefficient (Wildman–Crippen LogP) is -0.620. The third-order valence-electron chi connectivity index (χ3n) is 3.33. The van der Waals surface area contributed by atoms with Gasteiger partial charge in [-0.25, -0.2) is 5.06 Å². The molecule has 96 valence electrons. The van der Waals surface area contributed by atoms with Crippen molar-refractivity contribution < 1.29 is 19.5 Å². The molecule has 2 aliphatic heterocycles. The maximum absolute atomic E-state index is 12.0. The Kier molecular flexibility index (Phi) is 3.63. The molecule has 1 atom stereocenters. The molecule has 2 aliphatic rings. The normalized spacial score (nSPS) is 26.4. The highest BCUT2D eigenvalue weighted by Crippen LogP contribution is 2.21. The van der Waals surface area contributed by atoms with Crippen molar-refractivity contribution >= 4 is 11.8 Å². The summed E-state index contributed by atoms with van der Waals surface area (Å²) >= 11 is 0. The fourth-order valence-corrected chi connectivity index (χ4v) is 2.27. The van der Waals surface area contributed by atoms with Gasteiger partial charge in [-0.15, -0.1) is 0 Å². The highest BCUT2D eigenvalue weighted by Gasteiger charge is 2.33. The summed E-state index contributed by atoms with van der Waals surface area (Å²) in [5, 5.41) is 10.6. The molecule has 2 saturated heterocycles. The summed E-state index contributed by atoms with van der Waals surface area (Å²) in [7, 11) is 0. The predicted molar refractivity (Wildman–Crippen MR) is 58.6 cm³/mol. The molecule has 0 aliphatic carbocycles. The number of carbonyl (C=O) groups is 2. The van der Waals surface area contributed by atoms with Gasteiger partial charge >= 0.3 is 0 Å². The standard InChI is InChI=1S/C11H18N2O4/c1-8(14)12-4-2-9(3-5-12)11(16)13-6-10(15)7-17-13/h9-10,15H,2-7H2,1H3/t10-/m0/s1. The van der Waals surface area contributed by atoms with Gasteiger partial charge in [-0.2, -0.15) is 0 Å². The molecule has 2 amide bonds. The monoisotopic (exact) mass is 242 g/mol. The van der Waals surface area contributed by atoms with Crippen molar-refractivity contribution in [3.05, 3.63) is 0 Å². The van der Waals surface area contributed by atoms with Gasteiger partial charge in [0.05, 0.1) is 12.6 Å². The van der Waals surface area contributed by atoms with Crippen LogP contribution in [0.4, 0.5) is 0 Å². The van der Waals surface area contributed by atoms with Crippen molar-refractivity contribution in [2.24, 2.45) is 5.92 Å². The Morgan fingerprint density at radius 1 is 1.29 bits per heavy atom. The number of likely N-dealkylation sites (tertiary alicyclic amines) is 1. The summed E-state index contributed by atoms with van der Waals surface area (Å²) < 4.78 is 0. The molecule has 0 aromatic carbocycles. The summed E-state index contributed by atoms with van der Waals surface area (Å²) in [5.74, 6) is -0.0932. The maximum Gasteiger partial charge on any atom is 0.249 e. The first-order valence-electron chi connectivity index (χ1n) is 5.96. The number of hydrogen-bond acceptors (Lipinski definition) is 4. The van der Waals surface area contributed by atoms with Crippen LogP contribution in [0.5, 0.6) is 0 Å². The number of carbonyl (C=O) groups excluding carboxylic acids is 2. The van der Waals surface area contributed by atoms with Crippen LogP contribution < -0.4 is 0 Å². The molecule has 1 N–H and O–H groups in total. The maximum atomic E-state index is 12.0.